The van der Waals surface area contributed by atoms with Crippen LogP contribution in [-0.4, -0.2) is 5.97 Å². The predicted octanol–water partition coefficient (Wildman–Crippen LogP) is -1.37. The summed E-state index contributed by atoms with van der Waals surface area (Å²) < 4.78 is 0. The molecule has 0 radical (unpaired) electrons. The van der Waals surface area contributed by atoms with E-state index < -0.39 is 11.9 Å². The van der Waals surface area contributed by atoms with Crippen molar-refractivity contribution in [3.05, 3.63) is 35.4 Å². The number of fused-ring (bicyclic) bond motifs is 1. The van der Waals surface area contributed by atoms with Gasteiger partial charge in [0, 0.05) is 11.9 Å². The summed E-state index contributed by atoms with van der Waals surface area (Å²) in [5.74, 6) is -1.43. The second kappa shape index (κ2) is 4.78. The largest absolute Gasteiger partial charge is 1.00 e. The first-order valence-electron chi connectivity index (χ1n) is 5.60. The zero-order valence-corrected chi connectivity index (χ0v) is 14.3. The van der Waals surface area contributed by atoms with E-state index in [1.165, 1.54) is 0 Å². The minimum absolute atomic E-state index is 0. The minimum Gasteiger partial charge on any atom is -0.550 e. The average molecular weight is 256 g/mol. The number of hydrogen-bond acceptors (Lipinski definition) is 2. The van der Waals surface area contributed by atoms with Gasteiger partial charge in [0.25, 0.3) is 0 Å². The quantitative estimate of drug-likeness (QED) is 0.582. The van der Waals surface area contributed by atoms with Gasteiger partial charge in [-0.15, -0.1) is 0 Å². The van der Waals surface area contributed by atoms with Crippen LogP contribution in [0.5, 0.6) is 0 Å². The van der Waals surface area contributed by atoms with E-state index in [9.17, 15) is 9.90 Å². The Balaban J connectivity index is 0.00000144. The van der Waals surface area contributed by atoms with Gasteiger partial charge in [0.15, 0.2) is 0 Å². The molecule has 0 heterocycles. The molecule has 2 rings (SSSR count). The van der Waals surface area contributed by atoms with E-state index in [4.69, 9.17) is 0 Å². The van der Waals surface area contributed by atoms with Gasteiger partial charge in [0.05, 0.1) is 0 Å². The molecule has 86 valence electrons. The van der Waals surface area contributed by atoms with Crippen molar-refractivity contribution in [3.63, 3.8) is 0 Å². The van der Waals surface area contributed by atoms with E-state index in [-0.39, 0.29) is 62.2 Å². The Morgan fingerprint density at radius 2 is 1.41 bits per heavy atom. The number of aliphatic carboxylic acids is 1. The van der Waals surface area contributed by atoms with Crippen LogP contribution in [0, 0.1) is 5.92 Å². The first kappa shape index (κ1) is 15.4. The van der Waals surface area contributed by atoms with E-state index in [1.807, 2.05) is 52.0 Å². The fourth-order valence-corrected chi connectivity index (χ4v) is 3.41. The average Bonchev–Trinajstić information content (AvgIpc) is 2.31. The second-order valence-electron chi connectivity index (χ2n) is 5.74. The third-order valence-corrected chi connectivity index (χ3v) is 3.99. The van der Waals surface area contributed by atoms with Crippen LogP contribution >= 0.6 is 0 Å². The molecular formula is C14H17KO2. The summed E-state index contributed by atoms with van der Waals surface area (Å²) in [7, 11) is 0. The SMILES string of the molecule is CC1(C)c2ccccc2C(C)(C)C1C(=O)[O-].[K+]. The number of benzene rings is 1. The fourth-order valence-electron chi connectivity index (χ4n) is 3.41. The molecule has 0 saturated heterocycles. The second-order valence-corrected chi connectivity index (χ2v) is 5.74. The monoisotopic (exact) mass is 256 g/mol. The minimum atomic E-state index is -0.953. The van der Waals surface area contributed by atoms with E-state index >= 15 is 0 Å². The van der Waals surface area contributed by atoms with Gasteiger partial charge in [-0.25, -0.2) is 0 Å². The molecule has 0 unspecified atom stereocenters. The van der Waals surface area contributed by atoms with Crippen LogP contribution in [0.25, 0.3) is 0 Å². The molecule has 0 spiro atoms. The molecule has 0 amide bonds. The van der Waals surface area contributed by atoms with Crippen molar-refractivity contribution in [2.24, 2.45) is 5.92 Å². The van der Waals surface area contributed by atoms with Crippen LogP contribution in [0.1, 0.15) is 38.8 Å². The standard InChI is InChI=1S/C14H18O2.K/c1-13(2)9-7-5-6-8-10(9)14(3,4)11(13)12(15)16;/h5-8,11H,1-4H3,(H,15,16);/q;+1/p-1. The van der Waals surface area contributed by atoms with Gasteiger partial charge in [-0.3, -0.25) is 0 Å². The van der Waals surface area contributed by atoms with Gasteiger partial charge in [-0.2, -0.15) is 0 Å². The van der Waals surface area contributed by atoms with Crippen LogP contribution in [0.3, 0.4) is 0 Å². The first-order valence-corrected chi connectivity index (χ1v) is 5.60. The molecule has 1 aromatic rings. The Morgan fingerprint density at radius 3 is 1.71 bits per heavy atom. The molecule has 0 fully saturated rings. The van der Waals surface area contributed by atoms with Crippen LogP contribution in [0.4, 0.5) is 0 Å². The maximum absolute atomic E-state index is 11.4. The van der Waals surface area contributed by atoms with Gasteiger partial charge in [-0.1, -0.05) is 52.0 Å². The van der Waals surface area contributed by atoms with Crippen molar-refractivity contribution in [2.45, 2.75) is 38.5 Å². The summed E-state index contributed by atoms with van der Waals surface area (Å²) >= 11 is 0. The number of hydrogen-bond donors (Lipinski definition) is 0. The van der Waals surface area contributed by atoms with Crippen LogP contribution in [-0.2, 0) is 15.6 Å². The molecule has 17 heavy (non-hydrogen) atoms. The molecule has 0 aromatic heterocycles. The molecule has 0 saturated carbocycles. The molecule has 0 atom stereocenters. The Labute approximate surface area is 145 Å². The summed E-state index contributed by atoms with van der Waals surface area (Å²) in [6, 6.07) is 7.99. The van der Waals surface area contributed by atoms with Crippen molar-refractivity contribution in [1.29, 1.82) is 0 Å². The number of carboxylic acids is 1. The first-order chi connectivity index (χ1) is 7.29. The van der Waals surface area contributed by atoms with Gasteiger partial charge in [-0.05, 0) is 22.0 Å². The number of carbonyl (C=O) groups excluding carboxylic acids is 1. The Hall–Kier alpha value is 0.326. The summed E-state index contributed by atoms with van der Waals surface area (Å²) in [5.41, 5.74) is 1.54. The van der Waals surface area contributed by atoms with Gasteiger partial charge < -0.3 is 9.90 Å². The Kier molecular flexibility index (Phi) is 4.33. The number of rotatable bonds is 1. The van der Waals surface area contributed by atoms with Crippen LogP contribution < -0.4 is 56.5 Å². The fraction of sp³-hybridized carbons (Fsp3) is 0.500. The van der Waals surface area contributed by atoms with E-state index in [1.54, 1.807) is 0 Å². The smallest absolute Gasteiger partial charge is 0.550 e. The zero-order chi connectivity index (χ0) is 12.1. The maximum atomic E-state index is 11.4. The van der Waals surface area contributed by atoms with Gasteiger partial charge in [0.2, 0.25) is 0 Å². The maximum Gasteiger partial charge on any atom is 1.00 e. The third-order valence-electron chi connectivity index (χ3n) is 3.99. The van der Waals surface area contributed by atoms with Crippen LogP contribution in [0.2, 0.25) is 0 Å². The molecule has 1 aromatic carbocycles. The van der Waals surface area contributed by atoms with Crippen molar-refractivity contribution in [2.75, 3.05) is 0 Å². The molecule has 1 aliphatic rings. The number of carbonyl (C=O) groups is 1. The Bertz CT molecular complexity index is 414. The van der Waals surface area contributed by atoms with Crippen LogP contribution in [0.15, 0.2) is 24.3 Å². The van der Waals surface area contributed by atoms with Crippen molar-refractivity contribution < 1.29 is 61.3 Å². The molecule has 1 aliphatic carbocycles. The summed E-state index contributed by atoms with van der Waals surface area (Å²) in [6.07, 6.45) is 0. The van der Waals surface area contributed by atoms with Crippen molar-refractivity contribution in [3.8, 4) is 0 Å². The molecule has 0 aliphatic heterocycles. The summed E-state index contributed by atoms with van der Waals surface area (Å²) in [4.78, 5) is 11.4. The summed E-state index contributed by atoms with van der Waals surface area (Å²) in [5, 5.41) is 11.4. The van der Waals surface area contributed by atoms with Crippen molar-refractivity contribution in [1.82, 2.24) is 0 Å². The molecule has 2 nitrogen and oxygen atoms in total. The van der Waals surface area contributed by atoms with E-state index in [0.717, 1.165) is 11.1 Å². The molecule has 0 bridgehead atoms. The Morgan fingerprint density at radius 1 is 1.06 bits per heavy atom. The zero-order valence-electron chi connectivity index (χ0n) is 11.2. The number of carboxylic acid groups (broad SMARTS) is 1. The molecular weight excluding hydrogens is 239 g/mol. The van der Waals surface area contributed by atoms with E-state index in [0.29, 0.717) is 0 Å². The summed E-state index contributed by atoms with van der Waals surface area (Å²) in [6.45, 7) is 7.95. The molecule has 3 heteroatoms. The topological polar surface area (TPSA) is 40.1 Å². The van der Waals surface area contributed by atoms with Gasteiger partial charge in [0.1, 0.15) is 0 Å². The van der Waals surface area contributed by atoms with Gasteiger partial charge >= 0.3 is 51.4 Å². The predicted molar refractivity (Wildman–Crippen MR) is 61.0 cm³/mol. The normalized spacial score (nSPS) is 20.5. The van der Waals surface area contributed by atoms with E-state index in [2.05, 4.69) is 0 Å². The molecule has 0 N–H and O–H groups in total. The van der Waals surface area contributed by atoms with Crippen molar-refractivity contribution >= 4 is 5.97 Å². The third kappa shape index (κ3) is 2.17.